The van der Waals surface area contributed by atoms with Crippen molar-refractivity contribution in [3.8, 4) is 0 Å². The number of thioether (sulfide) groups is 1. The molecule has 29 heavy (non-hydrogen) atoms. The van der Waals surface area contributed by atoms with E-state index in [1.807, 2.05) is 25.3 Å². The highest BCUT2D eigenvalue weighted by Crippen LogP contribution is 2.22. The van der Waals surface area contributed by atoms with Gasteiger partial charge in [0, 0.05) is 17.8 Å². The molecule has 7 nitrogen and oxygen atoms in total. The Bertz CT molecular complexity index is 813. The maximum atomic E-state index is 13.1. The molecule has 2 aromatic rings. The van der Waals surface area contributed by atoms with Crippen LogP contribution in [0.3, 0.4) is 0 Å². The molecule has 0 aliphatic carbocycles. The minimum absolute atomic E-state index is 0.0415. The summed E-state index contributed by atoms with van der Waals surface area (Å²) < 4.78 is 20.9. The van der Waals surface area contributed by atoms with Gasteiger partial charge in [-0.25, -0.2) is 4.39 Å². The van der Waals surface area contributed by atoms with Gasteiger partial charge < -0.3 is 19.9 Å². The first kappa shape index (κ1) is 21.6. The molecular formula is C20H28FN5O2S. The van der Waals surface area contributed by atoms with Gasteiger partial charge in [-0.05, 0) is 57.9 Å². The Hall–Kier alpha value is -2.13. The number of nitrogens with one attached hydrogen (secondary N) is 2. The smallest absolute Gasteiger partial charge is 0.230 e. The van der Waals surface area contributed by atoms with Crippen LogP contribution in [0.4, 0.5) is 10.1 Å². The quantitative estimate of drug-likeness (QED) is 0.637. The topological polar surface area (TPSA) is 81.1 Å². The minimum Gasteiger partial charge on any atom is -0.378 e. The molecule has 158 valence electrons. The average molecular weight is 422 g/mol. The number of nitrogens with zero attached hydrogens (tertiary/aromatic N) is 3. The average Bonchev–Trinajstić information content (AvgIpc) is 3.29. The molecule has 9 heteroatoms. The van der Waals surface area contributed by atoms with E-state index in [0.29, 0.717) is 18.2 Å². The van der Waals surface area contributed by atoms with E-state index >= 15 is 0 Å². The van der Waals surface area contributed by atoms with Crippen molar-refractivity contribution in [3.05, 3.63) is 35.9 Å². The van der Waals surface area contributed by atoms with Crippen molar-refractivity contribution in [1.29, 1.82) is 0 Å². The molecule has 0 saturated carbocycles. The number of anilines is 1. The third-order valence-corrected chi connectivity index (χ3v) is 5.31. The van der Waals surface area contributed by atoms with Gasteiger partial charge in [-0.2, -0.15) is 0 Å². The van der Waals surface area contributed by atoms with Crippen LogP contribution in [-0.4, -0.2) is 44.7 Å². The standard InChI is InChI=1S/C20H28FN5O2S/c1-20(2,3)23-18(27)13-29-19-25-24-17(26(19)12-16-5-4-10-28-16)11-22-15-8-6-14(21)7-9-15/h6-9,16,22H,4-5,10-13H2,1-3H3,(H,23,27)/t16-/m0/s1. The first-order valence-corrected chi connectivity index (χ1v) is 10.8. The second-order valence-electron chi connectivity index (χ2n) is 8.09. The Balaban J connectivity index is 1.68. The Morgan fingerprint density at radius 2 is 2.07 bits per heavy atom. The Labute approximate surface area is 174 Å². The number of hydrogen-bond acceptors (Lipinski definition) is 6. The molecule has 1 aromatic carbocycles. The van der Waals surface area contributed by atoms with Crippen molar-refractivity contribution in [2.24, 2.45) is 0 Å². The first-order chi connectivity index (χ1) is 13.8. The number of rotatable bonds is 8. The fourth-order valence-electron chi connectivity index (χ4n) is 3.07. The van der Waals surface area contributed by atoms with E-state index in [0.717, 1.165) is 31.0 Å². The van der Waals surface area contributed by atoms with Crippen molar-refractivity contribution in [2.45, 2.75) is 63.5 Å². The lowest BCUT2D eigenvalue weighted by atomic mass is 10.1. The second-order valence-corrected chi connectivity index (χ2v) is 9.03. The van der Waals surface area contributed by atoms with E-state index in [-0.39, 0.29) is 29.1 Å². The van der Waals surface area contributed by atoms with E-state index in [9.17, 15) is 9.18 Å². The van der Waals surface area contributed by atoms with E-state index in [1.54, 1.807) is 12.1 Å². The summed E-state index contributed by atoms with van der Waals surface area (Å²) in [6, 6.07) is 6.19. The van der Waals surface area contributed by atoms with Crippen molar-refractivity contribution in [1.82, 2.24) is 20.1 Å². The Morgan fingerprint density at radius 3 is 2.72 bits per heavy atom. The highest BCUT2D eigenvalue weighted by molar-refractivity contribution is 7.99. The van der Waals surface area contributed by atoms with Crippen LogP contribution in [0.15, 0.2) is 29.4 Å². The summed E-state index contributed by atoms with van der Waals surface area (Å²) in [5.41, 5.74) is 0.532. The number of hydrogen-bond donors (Lipinski definition) is 2. The maximum Gasteiger partial charge on any atom is 0.230 e. The number of ether oxygens (including phenoxy) is 1. The van der Waals surface area contributed by atoms with E-state index < -0.39 is 0 Å². The molecule has 1 amide bonds. The van der Waals surface area contributed by atoms with Gasteiger partial charge in [-0.1, -0.05) is 11.8 Å². The van der Waals surface area contributed by atoms with Gasteiger partial charge in [0.1, 0.15) is 5.82 Å². The monoisotopic (exact) mass is 421 g/mol. The van der Waals surface area contributed by atoms with Crippen LogP contribution in [0.5, 0.6) is 0 Å². The maximum absolute atomic E-state index is 13.1. The van der Waals surface area contributed by atoms with Crippen molar-refractivity contribution >= 4 is 23.4 Å². The summed E-state index contributed by atoms with van der Waals surface area (Å²) in [6.45, 7) is 7.72. The summed E-state index contributed by atoms with van der Waals surface area (Å²) in [5, 5.41) is 15.5. The van der Waals surface area contributed by atoms with Crippen LogP contribution >= 0.6 is 11.8 Å². The molecule has 0 unspecified atom stereocenters. The largest absolute Gasteiger partial charge is 0.378 e. The lowest BCUT2D eigenvalue weighted by Gasteiger charge is -2.20. The number of aromatic nitrogens is 3. The Kier molecular flexibility index (Phi) is 7.13. The third kappa shape index (κ3) is 6.71. The summed E-state index contributed by atoms with van der Waals surface area (Å²) in [4.78, 5) is 12.2. The van der Waals surface area contributed by atoms with Crippen LogP contribution in [0, 0.1) is 5.82 Å². The fourth-order valence-corrected chi connectivity index (χ4v) is 3.83. The number of carbonyl (C=O) groups excluding carboxylic acids is 1. The molecule has 2 N–H and O–H groups in total. The molecule has 1 fully saturated rings. The number of carbonyl (C=O) groups is 1. The van der Waals surface area contributed by atoms with Crippen molar-refractivity contribution < 1.29 is 13.9 Å². The zero-order valence-corrected chi connectivity index (χ0v) is 17.9. The van der Waals surface area contributed by atoms with Gasteiger partial charge in [0.2, 0.25) is 5.91 Å². The minimum atomic E-state index is -0.274. The van der Waals surface area contributed by atoms with Gasteiger partial charge in [0.15, 0.2) is 11.0 Å². The zero-order chi connectivity index (χ0) is 20.9. The van der Waals surface area contributed by atoms with Gasteiger partial charge in [0.05, 0.1) is 24.9 Å². The molecule has 2 heterocycles. The van der Waals surface area contributed by atoms with Gasteiger partial charge in [0.25, 0.3) is 0 Å². The fraction of sp³-hybridized carbons (Fsp3) is 0.550. The molecule has 1 aromatic heterocycles. The van der Waals surface area contributed by atoms with Gasteiger partial charge in [-0.15, -0.1) is 10.2 Å². The Morgan fingerprint density at radius 1 is 1.31 bits per heavy atom. The predicted molar refractivity (Wildman–Crippen MR) is 111 cm³/mol. The van der Waals surface area contributed by atoms with E-state index in [2.05, 4.69) is 20.8 Å². The lowest BCUT2D eigenvalue weighted by molar-refractivity contribution is -0.119. The third-order valence-electron chi connectivity index (χ3n) is 4.35. The molecule has 1 saturated heterocycles. The molecule has 1 aliphatic rings. The van der Waals surface area contributed by atoms with Crippen molar-refractivity contribution in [3.63, 3.8) is 0 Å². The van der Waals surface area contributed by atoms with E-state index in [4.69, 9.17) is 4.74 Å². The summed E-state index contributed by atoms with van der Waals surface area (Å²) in [7, 11) is 0. The molecule has 0 radical (unpaired) electrons. The van der Waals surface area contributed by atoms with Gasteiger partial charge >= 0.3 is 0 Å². The number of benzene rings is 1. The highest BCUT2D eigenvalue weighted by Gasteiger charge is 2.22. The first-order valence-electron chi connectivity index (χ1n) is 9.77. The molecule has 0 bridgehead atoms. The zero-order valence-electron chi connectivity index (χ0n) is 17.1. The summed E-state index contributed by atoms with van der Waals surface area (Å²) in [6.07, 6.45) is 2.17. The predicted octanol–water partition coefficient (Wildman–Crippen LogP) is 3.22. The summed E-state index contributed by atoms with van der Waals surface area (Å²) >= 11 is 1.37. The van der Waals surface area contributed by atoms with Crippen LogP contribution in [0.2, 0.25) is 0 Å². The molecule has 3 rings (SSSR count). The summed E-state index contributed by atoms with van der Waals surface area (Å²) in [5.74, 6) is 0.708. The van der Waals surface area contributed by atoms with Crippen LogP contribution in [0.25, 0.3) is 0 Å². The van der Waals surface area contributed by atoms with Crippen molar-refractivity contribution in [2.75, 3.05) is 17.7 Å². The number of amides is 1. The highest BCUT2D eigenvalue weighted by atomic mass is 32.2. The normalized spacial score (nSPS) is 16.8. The SMILES string of the molecule is CC(C)(C)NC(=O)CSc1nnc(CNc2ccc(F)cc2)n1C[C@@H]1CCCO1. The lowest BCUT2D eigenvalue weighted by Crippen LogP contribution is -2.41. The second kappa shape index (κ2) is 9.58. The van der Waals surface area contributed by atoms with E-state index in [1.165, 1.54) is 23.9 Å². The molecule has 0 spiro atoms. The van der Waals surface area contributed by atoms with Crippen LogP contribution < -0.4 is 10.6 Å². The molecule has 1 aliphatic heterocycles. The number of halogens is 1. The van der Waals surface area contributed by atoms with Gasteiger partial charge in [-0.3, -0.25) is 4.79 Å². The van der Waals surface area contributed by atoms with Crippen LogP contribution in [0.1, 0.15) is 39.4 Å². The molecular weight excluding hydrogens is 393 g/mol. The van der Waals surface area contributed by atoms with Crippen LogP contribution in [-0.2, 0) is 22.6 Å². The molecule has 1 atom stereocenters.